The Bertz CT molecular complexity index is 401. The molecule has 0 aliphatic heterocycles. The summed E-state index contributed by atoms with van der Waals surface area (Å²) in [4.78, 5) is 2.33. The fourth-order valence-corrected chi connectivity index (χ4v) is 4.56. The van der Waals surface area contributed by atoms with Crippen LogP contribution in [-0.2, 0) is 0 Å². The van der Waals surface area contributed by atoms with Gasteiger partial charge in [0.15, 0.2) is 0 Å². The first-order chi connectivity index (χ1) is 14.7. The molecule has 0 radical (unpaired) electrons. The molecule has 0 amide bonds. The first-order valence-corrected chi connectivity index (χ1v) is 14.2. The van der Waals surface area contributed by atoms with Gasteiger partial charge >= 0.3 is 0 Å². The first-order valence-electron chi connectivity index (χ1n) is 13.0. The van der Waals surface area contributed by atoms with Crippen molar-refractivity contribution in [1.29, 1.82) is 0 Å². The summed E-state index contributed by atoms with van der Waals surface area (Å²) in [7, 11) is 5.59. The van der Waals surface area contributed by atoms with E-state index in [0.29, 0.717) is 0 Å². The van der Waals surface area contributed by atoms with Crippen molar-refractivity contribution in [3.05, 3.63) is 37.5 Å². The molecule has 3 aliphatic carbocycles. The predicted molar refractivity (Wildman–Crippen MR) is 152 cm³/mol. The molecule has 6 atom stereocenters. The standard InChI is InChI=1S/C9H19N.C7H15P.2C4H6.C3H8.C2H6/c1-5-8-6-9(8)7(2)10(3)4;1-5(2)8-7-4-6(7)3;1-2-4-3-1;1-3-4-2;1-3-2;1-2/h7-9H,5-6H2,1-4H3;5-8H,4H2,1-3H3;1-2H,3-4H2;3-4H,1-2H2;3H2,1-2H3;1-2H3/t;6?,7-;;;;/m.1..../s1. The molecule has 0 aromatic heterocycles. The zero-order chi connectivity index (χ0) is 24.8. The summed E-state index contributed by atoms with van der Waals surface area (Å²) in [6.45, 7) is 26.6. The number of nitrogens with zero attached hydrogens (tertiary/aromatic N) is 1. The lowest BCUT2D eigenvalue weighted by atomic mass is 10.1. The third-order valence-electron chi connectivity index (χ3n) is 5.43. The van der Waals surface area contributed by atoms with Crippen LogP contribution in [0.3, 0.4) is 0 Å². The van der Waals surface area contributed by atoms with E-state index in [0.717, 1.165) is 35.1 Å². The second kappa shape index (κ2) is 24.3. The van der Waals surface area contributed by atoms with Crippen LogP contribution in [0.4, 0.5) is 0 Å². The summed E-state index contributed by atoms with van der Waals surface area (Å²) in [5.41, 5.74) is 2.07. The Morgan fingerprint density at radius 3 is 1.48 bits per heavy atom. The van der Waals surface area contributed by atoms with Crippen LogP contribution >= 0.6 is 8.58 Å². The van der Waals surface area contributed by atoms with E-state index >= 15 is 0 Å². The third kappa shape index (κ3) is 24.1. The van der Waals surface area contributed by atoms with Crippen molar-refractivity contribution in [1.82, 2.24) is 4.90 Å². The fraction of sp³-hybridized carbons (Fsp3) is 0.793. The second-order valence-electron chi connectivity index (χ2n) is 9.14. The van der Waals surface area contributed by atoms with Crippen molar-refractivity contribution < 1.29 is 0 Å². The molecule has 0 aromatic carbocycles. The molecule has 0 aromatic rings. The molecule has 0 bridgehead atoms. The van der Waals surface area contributed by atoms with Gasteiger partial charge in [-0.15, -0.1) is 8.58 Å². The number of hydrogen-bond acceptors (Lipinski definition) is 1. The van der Waals surface area contributed by atoms with E-state index in [1.165, 1.54) is 47.1 Å². The lowest BCUT2D eigenvalue weighted by Gasteiger charge is -2.19. The van der Waals surface area contributed by atoms with Gasteiger partial charge in [0.2, 0.25) is 0 Å². The Balaban J connectivity index is -0.000000333. The van der Waals surface area contributed by atoms with Crippen molar-refractivity contribution in [3.8, 4) is 0 Å². The Morgan fingerprint density at radius 2 is 1.35 bits per heavy atom. The van der Waals surface area contributed by atoms with Gasteiger partial charge in [-0.3, -0.25) is 0 Å². The second-order valence-corrected chi connectivity index (χ2v) is 11.4. The maximum absolute atomic E-state index is 3.36. The average molecular weight is 454 g/mol. The molecule has 5 unspecified atom stereocenters. The topological polar surface area (TPSA) is 3.24 Å². The molecule has 31 heavy (non-hydrogen) atoms. The third-order valence-corrected chi connectivity index (χ3v) is 7.33. The Kier molecular flexibility index (Phi) is 27.5. The lowest BCUT2D eigenvalue weighted by Crippen LogP contribution is -2.27. The summed E-state index contributed by atoms with van der Waals surface area (Å²) in [6.07, 6.45) is 15.9. The molecule has 0 heterocycles. The van der Waals surface area contributed by atoms with Gasteiger partial charge in [-0.1, -0.05) is 106 Å². The zero-order valence-corrected chi connectivity index (χ0v) is 24.4. The monoisotopic (exact) mass is 453 g/mol. The highest BCUT2D eigenvalue weighted by Crippen LogP contribution is 2.47. The molecule has 0 spiro atoms. The van der Waals surface area contributed by atoms with Gasteiger partial charge in [0, 0.05) is 6.04 Å². The van der Waals surface area contributed by atoms with Crippen LogP contribution in [0.1, 0.15) is 101 Å². The van der Waals surface area contributed by atoms with Crippen molar-refractivity contribution in [2.24, 2.45) is 17.8 Å². The Labute approximate surface area is 201 Å². The molecule has 2 saturated carbocycles. The molecule has 3 aliphatic rings. The van der Waals surface area contributed by atoms with E-state index in [1.807, 2.05) is 13.8 Å². The van der Waals surface area contributed by atoms with E-state index in [2.05, 4.69) is 92.8 Å². The van der Waals surface area contributed by atoms with Crippen LogP contribution in [0.2, 0.25) is 0 Å². The maximum Gasteiger partial charge on any atom is 0.00918 e. The van der Waals surface area contributed by atoms with Gasteiger partial charge < -0.3 is 4.90 Å². The fourth-order valence-electron chi connectivity index (χ4n) is 2.86. The summed E-state index contributed by atoms with van der Waals surface area (Å²) < 4.78 is 0. The molecule has 2 fully saturated rings. The van der Waals surface area contributed by atoms with Crippen LogP contribution in [0.15, 0.2) is 37.5 Å². The lowest BCUT2D eigenvalue weighted by molar-refractivity contribution is 0.275. The summed E-state index contributed by atoms with van der Waals surface area (Å²) in [5, 5.41) is 0. The Morgan fingerprint density at radius 1 is 0.968 bits per heavy atom. The number of rotatable bonds is 6. The van der Waals surface area contributed by atoms with Gasteiger partial charge in [-0.25, -0.2) is 0 Å². The first kappa shape index (κ1) is 35.2. The van der Waals surface area contributed by atoms with Crippen molar-refractivity contribution >= 4 is 8.58 Å². The molecular formula is C29H60NP. The van der Waals surface area contributed by atoms with Crippen LogP contribution < -0.4 is 0 Å². The van der Waals surface area contributed by atoms with E-state index in [-0.39, 0.29) is 0 Å². The molecule has 3 rings (SSSR count). The minimum Gasteiger partial charge on any atom is -0.306 e. The maximum atomic E-state index is 3.36. The molecule has 2 heteroatoms. The predicted octanol–water partition coefficient (Wildman–Crippen LogP) is 9.60. The smallest absolute Gasteiger partial charge is 0.00918 e. The molecule has 0 N–H and O–H groups in total. The highest BCUT2D eigenvalue weighted by Gasteiger charge is 2.39. The van der Waals surface area contributed by atoms with Gasteiger partial charge in [-0.2, -0.15) is 0 Å². The molecule has 0 saturated heterocycles. The van der Waals surface area contributed by atoms with E-state index < -0.39 is 0 Å². The minimum atomic E-state index is 0.796. The molecule has 186 valence electrons. The van der Waals surface area contributed by atoms with Crippen molar-refractivity contribution in [2.45, 2.75) is 118 Å². The van der Waals surface area contributed by atoms with Gasteiger partial charge in [0.05, 0.1) is 0 Å². The van der Waals surface area contributed by atoms with Gasteiger partial charge in [-0.05, 0) is 75.8 Å². The summed E-state index contributed by atoms with van der Waals surface area (Å²) >= 11 is 0. The quantitative estimate of drug-likeness (QED) is 0.220. The van der Waals surface area contributed by atoms with E-state index in [1.54, 1.807) is 12.2 Å². The largest absolute Gasteiger partial charge is 0.306 e. The summed E-state index contributed by atoms with van der Waals surface area (Å²) in [5.74, 6) is 3.10. The normalized spacial score (nSPS) is 24.8. The number of hydrogen-bond donors (Lipinski definition) is 0. The Hall–Kier alpha value is -0.390. The SMILES string of the molecule is C1=CCC1.C=CC=C.CC.CC(C)P[C@@H]1CC1C.CCC.CCC1CC1C(C)N(C)C. The number of allylic oxidation sites excluding steroid dienone is 4. The molecular weight excluding hydrogens is 393 g/mol. The van der Waals surface area contributed by atoms with Crippen LogP contribution in [0.5, 0.6) is 0 Å². The highest BCUT2D eigenvalue weighted by molar-refractivity contribution is 7.40. The highest BCUT2D eigenvalue weighted by atomic mass is 31.1. The van der Waals surface area contributed by atoms with Crippen molar-refractivity contribution in [2.75, 3.05) is 14.1 Å². The minimum absolute atomic E-state index is 0.796. The molecule has 1 nitrogen and oxygen atoms in total. The van der Waals surface area contributed by atoms with Crippen LogP contribution in [0, 0.1) is 17.8 Å². The van der Waals surface area contributed by atoms with Crippen molar-refractivity contribution in [3.63, 3.8) is 0 Å². The van der Waals surface area contributed by atoms with Crippen LogP contribution in [0.25, 0.3) is 0 Å². The van der Waals surface area contributed by atoms with E-state index in [9.17, 15) is 0 Å². The van der Waals surface area contributed by atoms with Gasteiger partial charge in [0.25, 0.3) is 0 Å². The average Bonchev–Trinajstić information content (AvgIpc) is 3.60. The zero-order valence-electron chi connectivity index (χ0n) is 23.4. The summed E-state index contributed by atoms with van der Waals surface area (Å²) in [6, 6.07) is 0.796. The van der Waals surface area contributed by atoms with Gasteiger partial charge in [0.1, 0.15) is 0 Å². The van der Waals surface area contributed by atoms with Crippen LogP contribution in [-0.4, -0.2) is 36.4 Å². The van der Waals surface area contributed by atoms with E-state index in [4.69, 9.17) is 0 Å².